The molecule has 0 aromatic carbocycles. The molecule has 0 heterocycles. The molecule has 0 aromatic rings. The van der Waals surface area contributed by atoms with Crippen molar-refractivity contribution >= 4 is 0 Å². The summed E-state index contributed by atoms with van der Waals surface area (Å²) >= 11 is 0. The maximum absolute atomic E-state index is 4.55. The van der Waals surface area contributed by atoms with Gasteiger partial charge < -0.3 is 14.4 Å². The van der Waals surface area contributed by atoms with Crippen LogP contribution in [0.2, 0.25) is 0 Å². The molecular weight excluding hydrogens is 496 g/mol. The summed E-state index contributed by atoms with van der Waals surface area (Å²) in [7, 11) is 0. The van der Waals surface area contributed by atoms with E-state index < -0.39 is 0 Å². The van der Waals surface area contributed by atoms with Gasteiger partial charge in [0.15, 0.2) is 0 Å². The SMILES string of the molecule is C=C/C(C)=C\C1=C(C)CCC2C([CH2-])(C)CCCC12C.CC.CC.CC.[CH3-].[W+2]. The Hall–Kier alpha value is -0.0917. The summed E-state index contributed by atoms with van der Waals surface area (Å²) in [5, 5.41) is 0. The van der Waals surface area contributed by atoms with E-state index in [1.165, 1.54) is 37.7 Å². The van der Waals surface area contributed by atoms with Crippen LogP contribution in [0.5, 0.6) is 0 Å². The van der Waals surface area contributed by atoms with Crippen molar-refractivity contribution in [3.63, 3.8) is 0 Å². The average Bonchev–Trinajstić information content (AvgIpc) is 2.62. The minimum atomic E-state index is 0. The van der Waals surface area contributed by atoms with Crippen LogP contribution in [0.3, 0.4) is 0 Å². The van der Waals surface area contributed by atoms with Crippen molar-refractivity contribution in [2.24, 2.45) is 16.7 Å². The molecule has 0 amide bonds. The molecule has 1 heteroatoms. The third-order valence-corrected chi connectivity index (χ3v) is 5.63. The molecule has 0 aliphatic heterocycles. The van der Waals surface area contributed by atoms with Crippen molar-refractivity contribution in [3.05, 3.63) is 49.8 Å². The quantitative estimate of drug-likeness (QED) is 0.239. The predicted octanol–water partition coefficient (Wildman–Crippen LogP) is 9.40. The Morgan fingerprint density at radius 1 is 1.07 bits per heavy atom. The van der Waals surface area contributed by atoms with Crippen LogP contribution in [0.15, 0.2) is 35.5 Å². The number of hydrogen-bond acceptors (Lipinski definition) is 0. The van der Waals surface area contributed by atoms with Crippen LogP contribution in [0.1, 0.15) is 101 Å². The monoisotopic (exact) mass is 546 g/mol. The molecular formula is C26H50W. The molecule has 160 valence electrons. The van der Waals surface area contributed by atoms with Crippen molar-refractivity contribution < 1.29 is 21.1 Å². The Morgan fingerprint density at radius 3 is 2.00 bits per heavy atom. The number of hydrogen-bond donors (Lipinski definition) is 0. The van der Waals surface area contributed by atoms with Gasteiger partial charge in [-0.2, -0.15) is 5.41 Å². The number of allylic oxidation sites excluding steroid dienone is 5. The molecule has 0 nitrogen and oxygen atoms in total. The van der Waals surface area contributed by atoms with Gasteiger partial charge in [0.05, 0.1) is 0 Å². The molecule has 0 saturated heterocycles. The molecule has 0 spiro atoms. The zero-order chi connectivity index (χ0) is 20.3. The first-order valence-corrected chi connectivity index (χ1v) is 10.7. The van der Waals surface area contributed by atoms with Crippen molar-refractivity contribution in [2.75, 3.05) is 0 Å². The van der Waals surface area contributed by atoms with E-state index in [0.717, 1.165) is 5.92 Å². The van der Waals surface area contributed by atoms with Gasteiger partial charge in [-0.15, -0.1) is 0 Å². The predicted molar refractivity (Wildman–Crippen MR) is 125 cm³/mol. The number of fused-ring (bicyclic) bond motifs is 1. The standard InChI is InChI=1S/C19H29.3C2H6.CH3.W/c1-7-14(2)13-16-15(3)9-10-17-18(4,5)11-8-12-19(16,17)6;3*1-2;;/h7,13,17H,1,4,8-12H2,2-3,5-6H3;3*1-2H3;1H3;/q-1;;;;-1;+2/b14-13-;;;;;. The molecule has 1 saturated carbocycles. The van der Waals surface area contributed by atoms with E-state index in [9.17, 15) is 0 Å². The van der Waals surface area contributed by atoms with Gasteiger partial charge in [0.2, 0.25) is 0 Å². The van der Waals surface area contributed by atoms with Gasteiger partial charge in [0.25, 0.3) is 0 Å². The van der Waals surface area contributed by atoms with Crippen LogP contribution < -0.4 is 0 Å². The minimum absolute atomic E-state index is 0. The van der Waals surface area contributed by atoms with E-state index >= 15 is 0 Å². The molecule has 1 fully saturated rings. The van der Waals surface area contributed by atoms with E-state index in [1.807, 2.05) is 47.6 Å². The fourth-order valence-corrected chi connectivity index (χ4v) is 4.52. The minimum Gasteiger partial charge on any atom is -0.358 e. The normalized spacial score (nSPS) is 28.9. The van der Waals surface area contributed by atoms with Crippen LogP contribution in [-0.4, -0.2) is 0 Å². The van der Waals surface area contributed by atoms with E-state index in [1.54, 1.807) is 11.1 Å². The Morgan fingerprint density at radius 2 is 1.56 bits per heavy atom. The molecule has 3 atom stereocenters. The van der Waals surface area contributed by atoms with Crippen LogP contribution in [0, 0.1) is 31.1 Å². The van der Waals surface area contributed by atoms with Crippen molar-refractivity contribution in [3.8, 4) is 0 Å². The first kappa shape index (κ1) is 34.4. The molecule has 2 aliphatic carbocycles. The Balaban J connectivity index is -0.000000301. The topological polar surface area (TPSA) is 0 Å². The first-order chi connectivity index (χ1) is 11.8. The van der Waals surface area contributed by atoms with E-state index in [2.05, 4.69) is 47.3 Å². The third-order valence-electron chi connectivity index (χ3n) is 5.63. The zero-order valence-electron chi connectivity index (χ0n) is 20.6. The first-order valence-electron chi connectivity index (χ1n) is 10.7. The van der Waals surface area contributed by atoms with Crippen LogP contribution in [0.4, 0.5) is 0 Å². The van der Waals surface area contributed by atoms with Crippen molar-refractivity contribution in [1.82, 2.24) is 0 Å². The summed E-state index contributed by atoms with van der Waals surface area (Å²) in [6.45, 7) is 29.8. The molecule has 27 heavy (non-hydrogen) atoms. The fourth-order valence-electron chi connectivity index (χ4n) is 4.52. The molecule has 2 rings (SSSR count). The van der Waals surface area contributed by atoms with E-state index in [0.29, 0.717) is 5.41 Å². The average molecular weight is 547 g/mol. The summed E-state index contributed by atoms with van der Waals surface area (Å²) in [6.07, 6.45) is 10.8. The second-order valence-corrected chi connectivity index (χ2v) is 7.30. The van der Waals surface area contributed by atoms with Crippen LogP contribution >= 0.6 is 0 Å². The summed E-state index contributed by atoms with van der Waals surface area (Å²) < 4.78 is 0. The van der Waals surface area contributed by atoms with Gasteiger partial charge in [-0.25, -0.2) is 0 Å². The van der Waals surface area contributed by atoms with Crippen LogP contribution in [-0.2, 0) is 21.1 Å². The summed E-state index contributed by atoms with van der Waals surface area (Å²) in [5.74, 6) is 0.723. The third kappa shape index (κ3) is 8.85. The van der Waals surface area contributed by atoms with Gasteiger partial charge in [-0.05, 0) is 44.1 Å². The second-order valence-electron chi connectivity index (χ2n) is 7.30. The maximum atomic E-state index is 4.55. The smallest absolute Gasteiger partial charge is 0.358 e. The van der Waals surface area contributed by atoms with Gasteiger partial charge >= 0.3 is 21.1 Å². The second kappa shape index (κ2) is 16.8. The van der Waals surface area contributed by atoms with Crippen molar-refractivity contribution in [2.45, 2.75) is 101 Å². The summed E-state index contributed by atoms with van der Waals surface area (Å²) in [6, 6.07) is 0. The van der Waals surface area contributed by atoms with Crippen molar-refractivity contribution in [1.29, 1.82) is 0 Å². The van der Waals surface area contributed by atoms with Gasteiger partial charge in [-0.3, -0.25) is 0 Å². The Bertz CT molecular complexity index is 439. The van der Waals surface area contributed by atoms with Gasteiger partial charge in [-0.1, -0.05) is 104 Å². The van der Waals surface area contributed by atoms with Gasteiger partial charge in [0, 0.05) is 0 Å². The Labute approximate surface area is 188 Å². The summed E-state index contributed by atoms with van der Waals surface area (Å²) in [5.41, 5.74) is 5.01. The van der Waals surface area contributed by atoms with Crippen LogP contribution in [0.25, 0.3) is 0 Å². The fraction of sp³-hybridized carbons (Fsp3) is 0.692. The molecule has 0 N–H and O–H groups in total. The summed E-state index contributed by atoms with van der Waals surface area (Å²) in [4.78, 5) is 0. The zero-order valence-corrected chi connectivity index (χ0v) is 23.5. The largest absolute Gasteiger partial charge is 2.00 e. The molecule has 3 unspecified atom stereocenters. The van der Waals surface area contributed by atoms with Gasteiger partial charge in [0.1, 0.15) is 0 Å². The van der Waals surface area contributed by atoms with E-state index in [-0.39, 0.29) is 33.9 Å². The number of rotatable bonds is 2. The Kier molecular flexibility index (Phi) is 21.4. The molecule has 2 aliphatic rings. The molecule has 0 radical (unpaired) electrons. The van der Waals surface area contributed by atoms with E-state index in [4.69, 9.17) is 0 Å². The maximum Gasteiger partial charge on any atom is 2.00 e. The molecule has 0 aromatic heterocycles. The molecule has 0 bridgehead atoms.